The van der Waals surface area contributed by atoms with Crippen LogP contribution in [0.3, 0.4) is 0 Å². The standard InChI is InChI=1S/C17H18N5O5P/c1-17(2,11-4-6-12(7-5-11)28(25,26)27)15(24)20-13-10-18-16(21-14(13)23)22-9-3-8-19-22/h3-10H,1-2H3,(H,20,24)(H,18,21,23)(H2,25,26,27). The highest BCUT2D eigenvalue weighted by molar-refractivity contribution is 7.60. The molecule has 10 nitrogen and oxygen atoms in total. The molecule has 0 saturated carbocycles. The van der Waals surface area contributed by atoms with Crippen molar-refractivity contribution in [1.29, 1.82) is 0 Å². The first kappa shape index (κ1) is 19.7. The lowest BCUT2D eigenvalue weighted by Crippen LogP contribution is -2.35. The molecule has 146 valence electrons. The first-order valence-corrected chi connectivity index (χ1v) is 9.74. The van der Waals surface area contributed by atoms with Crippen molar-refractivity contribution >= 4 is 24.5 Å². The molecule has 0 bridgehead atoms. The van der Waals surface area contributed by atoms with Gasteiger partial charge >= 0.3 is 7.60 Å². The number of aromatic hydroxyl groups is 1. The number of benzene rings is 1. The molecular formula is C17H18N5O5P. The number of carbonyl (C=O) groups excluding carboxylic acids is 1. The Morgan fingerprint density at radius 2 is 1.89 bits per heavy atom. The van der Waals surface area contributed by atoms with Gasteiger partial charge in [0.05, 0.1) is 16.9 Å². The summed E-state index contributed by atoms with van der Waals surface area (Å²) in [7, 11) is -4.36. The largest absolute Gasteiger partial charge is 0.492 e. The quantitative estimate of drug-likeness (QED) is 0.462. The monoisotopic (exact) mass is 403 g/mol. The summed E-state index contributed by atoms with van der Waals surface area (Å²) < 4.78 is 12.6. The zero-order valence-electron chi connectivity index (χ0n) is 15.0. The normalized spacial score (nSPS) is 12.0. The Balaban J connectivity index is 1.80. The number of anilines is 1. The van der Waals surface area contributed by atoms with Crippen molar-refractivity contribution in [1.82, 2.24) is 19.7 Å². The van der Waals surface area contributed by atoms with Gasteiger partial charge in [0.1, 0.15) is 5.69 Å². The zero-order chi connectivity index (χ0) is 20.5. The molecule has 0 fully saturated rings. The van der Waals surface area contributed by atoms with E-state index in [0.29, 0.717) is 5.56 Å². The van der Waals surface area contributed by atoms with Crippen molar-refractivity contribution in [2.24, 2.45) is 0 Å². The van der Waals surface area contributed by atoms with Crippen molar-refractivity contribution in [3.8, 4) is 11.8 Å². The molecule has 0 radical (unpaired) electrons. The minimum absolute atomic E-state index is 0.0285. The van der Waals surface area contributed by atoms with Crippen molar-refractivity contribution in [2.45, 2.75) is 19.3 Å². The number of rotatable bonds is 5. The van der Waals surface area contributed by atoms with Crippen molar-refractivity contribution in [2.75, 3.05) is 5.32 Å². The first-order valence-electron chi connectivity index (χ1n) is 8.13. The highest BCUT2D eigenvalue weighted by Crippen LogP contribution is 2.34. The van der Waals surface area contributed by atoms with Crippen molar-refractivity contribution in [3.05, 3.63) is 54.5 Å². The van der Waals surface area contributed by atoms with Gasteiger partial charge in [-0.25, -0.2) is 9.67 Å². The molecule has 0 spiro atoms. The predicted octanol–water partition coefficient (Wildman–Crippen LogP) is 1.09. The fraction of sp³-hybridized carbons (Fsp3) is 0.176. The molecule has 3 aromatic rings. The molecule has 0 atom stereocenters. The second kappa shape index (κ2) is 7.16. The van der Waals surface area contributed by atoms with Crippen LogP contribution in [0.4, 0.5) is 5.69 Å². The molecule has 0 saturated heterocycles. The molecule has 2 heterocycles. The van der Waals surface area contributed by atoms with Gasteiger partial charge in [-0.1, -0.05) is 12.1 Å². The summed E-state index contributed by atoms with van der Waals surface area (Å²) in [5, 5.41) is 16.5. The number of aromatic nitrogens is 4. The molecule has 11 heteroatoms. The molecule has 4 N–H and O–H groups in total. The van der Waals surface area contributed by atoms with Gasteiger partial charge in [-0.15, -0.1) is 0 Å². The number of hydrogen-bond donors (Lipinski definition) is 4. The fourth-order valence-electron chi connectivity index (χ4n) is 2.43. The van der Waals surface area contributed by atoms with Gasteiger partial charge < -0.3 is 20.2 Å². The minimum Gasteiger partial charge on any atom is -0.492 e. The van der Waals surface area contributed by atoms with Gasteiger partial charge in [-0.2, -0.15) is 10.1 Å². The van der Waals surface area contributed by atoms with Gasteiger partial charge in [0.2, 0.25) is 11.8 Å². The summed E-state index contributed by atoms with van der Waals surface area (Å²) in [4.78, 5) is 39.1. The molecule has 0 unspecified atom stereocenters. The molecular weight excluding hydrogens is 385 g/mol. The molecule has 0 aliphatic carbocycles. The summed E-state index contributed by atoms with van der Waals surface area (Å²) in [6.07, 6.45) is 4.41. The maximum Gasteiger partial charge on any atom is 0.356 e. The molecule has 1 aromatic carbocycles. The van der Waals surface area contributed by atoms with E-state index in [2.05, 4.69) is 20.4 Å². The van der Waals surface area contributed by atoms with Crippen LogP contribution in [0.2, 0.25) is 0 Å². The van der Waals surface area contributed by atoms with Crippen LogP contribution >= 0.6 is 7.60 Å². The van der Waals surface area contributed by atoms with E-state index in [-0.39, 0.29) is 16.9 Å². The third-order valence-electron chi connectivity index (χ3n) is 4.21. The van der Waals surface area contributed by atoms with Gasteiger partial charge in [-0.05, 0) is 37.6 Å². The van der Waals surface area contributed by atoms with Crippen LogP contribution in [0.1, 0.15) is 19.4 Å². The third-order valence-corrected chi connectivity index (χ3v) is 5.18. The smallest absolute Gasteiger partial charge is 0.356 e. The molecule has 1 amide bonds. The lowest BCUT2D eigenvalue weighted by molar-refractivity contribution is -0.120. The van der Waals surface area contributed by atoms with Crippen LogP contribution in [-0.4, -0.2) is 40.5 Å². The van der Waals surface area contributed by atoms with Crippen molar-refractivity contribution < 1.29 is 24.3 Å². The molecule has 3 rings (SSSR count). The Labute approximate surface area is 160 Å². The molecule has 28 heavy (non-hydrogen) atoms. The summed E-state index contributed by atoms with van der Waals surface area (Å²) in [5.74, 6) is -0.726. The van der Waals surface area contributed by atoms with Gasteiger partial charge in [0, 0.05) is 12.4 Å². The average Bonchev–Trinajstić information content (AvgIpc) is 3.17. The Bertz CT molecular complexity index is 1040. The maximum absolute atomic E-state index is 12.7. The summed E-state index contributed by atoms with van der Waals surface area (Å²) in [6, 6.07) is 7.20. The summed E-state index contributed by atoms with van der Waals surface area (Å²) in [5.41, 5.74) is -0.489. The topological polar surface area (TPSA) is 150 Å². The van der Waals surface area contributed by atoms with Crippen LogP contribution in [0, 0.1) is 0 Å². The predicted molar refractivity (Wildman–Crippen MR) is 101 cm³/mol. The number of amides is 1. The van der Waals surface area contributed by atoms with Crippen molar-refractivity contribution in [3.63, 3.8) is 0 Å². The Morgan fingerprint density at radius 1 is 1.21 bits per heavy atom. The van der Waals surface area contributed by atoms with E-state index < -0.39 is 24.8 Å². The molecule has 0 aliphatic heterocycles. The Hall–Kier alpha value is -3.07. The highest BCUT2D eigenvalue weighted by atomic mass is 31.2. The maximum atomic E-state index is 12.7. The van der Waals surface area contributed by atoms with Crippen LogP contribution in [0.15, 0.2) is 48.9 Å². The van der Waals surface area contributed by atoms with Crippen LogP contribution in [0.25, 0.3) is 5.95 Å². The summed E-state index contributed by atoms with van der Waals surface area (Å²) in [6.45, 7) is 3.29. The second-order valence-corrected chi connectivity index (χ2v) is 8.13. The van der Waals surface area contributed by atoms with Gasteiger partial charge in [-0.3, -0.25) is 9.36 Å². The summed E-state index contributed by atoms with van der Waals surface area (Å²) >= 11 is 0. The van der Waals surface area contributed by atoms with Crippen LogP contribution < -0.4 is 10.6 Å². The zero-order valence-corrected chi connectivity index (χ0v) is 15.9. The Kier molecular flexibility index (Phi) is 5.03. The van der Waals surface area contributed by atoms with Gasteiger partial charge in [0.15, 0.2) is 0 Å². The van der Waals surface area contributed by atoms with Crippen LogP contribution in [0.5, 0.6) is 5.88 Å². The minimum atomic E-state index is -4.36. The van der Waals surface area contributed by atoms with E-state index in [9.17, 15) is 24.3 Å². The lowest BCUT2D eigenvalue weighted by Gasteiger charge is -2.24. The first-order chi connectivity index (χ1) is 13.1. The van der Waals surface area contributed by atoms with E-state index in [1.165, 1.54) is 41.3 Å². The van der Waals surface area contributed by atoms with Gasteiger partial charge in [0.25, 0.3) is 5.95 Å². The number of nitrogens with one attached hydrogen (secondary N) is 1. The average molecular weight is 403 g/mol. The van der Waals surface area contributed by atoms with E-state index in [4.69, 9.17) is 0 Å². The number of nitrogens with zero attached hydrogens (tertiary/aromatic N) is 4. The van der Waals surface area contributed by atoms with E-state index in [0.717, 1.165) is 0 Å². The number of hydrogen-bond acceptors (Lipinski definition) is 6. The van der Waals surface area contributed by atoms with E-state index in [1.54, 1.807) is 26.1 Å². The van der Waals surface area contributed by atoms with E-state index >= 15 is 0 Å². The highest BCUT2D eigenvalue weighted by Gasteiger charge is 2.31. The fourth-order valence-corrected chi connectivity index (χ4v) is 2.97. The molecule has 2 aromatic heterocycles. The number of carbonyl (C=O) groups is 1. The SMILES string of the molecule is CC(C)(C(=O)Nc1cnc(-n2cccn2)nc1O)c1ccc(P(=O)(O)O)cc1. The Morgan fingerprint density at radius 3 is 2.43 bits per heavy atom. The second-order valence-electron chi connectivity index (χ2n) is 6.53. The van der Waals surface area contributed by atoms with Crippen LogP contribution in [-0.2, 0) is 14.8 Å². The third kappa shape index (κ3) is 3.94. The van der Waals surface area contributed by atoms with E-state index in [1.807, 2.05) is 0 Å². The lowest BCUT2D eigenvalue weighted by atomic mass is 9.83. The molecule has 0 aliphatic rings.